The molecule has 22 heavy (non-hydrogen) atoms. The minimum Gasteiger partial charge on any atom is -0.489 e. The highest BCUT2D eigenvalue weighted by molar-refractivity contribution is 5.34. The van der Waals surface area contributed by atoms with E-state index < -0.39 is 0 Å². The Morgan fingerprint density at radius 2 is 1.73 bits per heavy atom. The first-order chi connectivity index (χ1) is 10.8. The van der Waals surface area contributed by atoms with Gasteiger partial charge in [-0.15, -0.1) is 10.2 Å². The Kier molecular flexibility index (Phi) is 4.29. The average molecular weight is 298 g/mol. The molecule has 6 heteroatoms. The summed E-state index contributed by atoms with van der Waals surface area (Å²) in [7, 11) is 0. The minimum atomic E-state index is -0.248. The van der Waals surface area contributed by atoms with E-state index in [1.165, 1.54) is 12.1 Å². The van der Waals surface area contributed by atoms with Crippen molar-refractivity contribution in [3.05, 3.63) is 78.1 Å². The van der Waals surface area contributed by atoms with E-state index in [9.17, 15) is 4.39 Å². The predicted octanol–water partition coefficient (Wildman–Crippen LogP) is 2.74. The van der Waals surface area contributed by atoms with Gasteiger partial charge in [0, 0.05) is 5.56 Å². The van der Waals surface area contributed by atoms with Crippen LogP contribution >= 0.6 is 0 Å². The Balaban J connectivity index is 1.64. The lowest BCUT2D eigenvalue weighted by atomic mass is 10.2. The van der Waals surface area contributed by atoms with Crippen LogP contribution in [-0.2, 0) is 13.2 Å². The first-order valence-corrected chi connectivity index (χ1v) is 6.85. The summed E-state index contributed by atoms with van der Waals surface area (Å²) in [5.74, 6) is 0.537. The number of hydrogen-bond acceptors (Lipinski definition) is 4. The topological polar surface area (TPSA) is 52.0 Å². The molecule has 112 valence electrons. The van der Waals surface area contributed by atoms with Crippen LogP contribution in [0.15, 0.2) is 61.2 Å². The smallest absolute Gasteiger partial charge is 0.138 e. The lowest BCUT2D eigenvalue weighted by Crippen LogP contribution is -2.13. The number of aromatic nitrogens is 3. The first kappa shape index (κ1) is 14.1. The molecular weight excluding hydrogens is 283 g/mol. The third-order valence-electron chi connectivity index (χ3n) is 3.15. The summed E-state index contributed by atoms with van der Waals surface area (Å²) in [4.78, 5) is 0. The van der Waals surface area contributed by atoms with Gasteiger partial charge >= 0.3 is 0 Å². The van der Waals surface area contributed by atoms with Gasteiger partial charge in [-0.05, 0) is 23.8 Å². The number of rotatable bonds is 6. The zero-order valence-corrected chi connectivity index (χ0v) is 11.8. The molecule has 0 fully saturated rings. The van der Waals surface area contributed by atoms with Gasteiger partial charge in [0.25, 0.3) is 0 Å². The Morgan fingerprint density at radius 3 is 2.50 bits per heavy atom. The number of para-hydroxylation sites is 1. The molecule has 1 heterocycles. The number of ether oxygens (including phenoxy) is 1. The second kappa shape index (κ2) is 6.71. The monoisotopic (exact) mass is 298 g/mol. The fraction of sp³-hybridized carbons (Fsp3) is 0.125. The van der Waals surface area contributed by atoms with Gasteiger partial charge in [0.2, 0.25) is 0 Å². The largest absolute Gasteiger partial charge is 0.489 e. The van der Waals surface area contributed by atoms with E-state index in [2.05, 4.69) is 15.6 Å². The molecule has 0 saturated heterocycles. The molecule has 0 unspecified atom stereocenters. The Hall–Kier alpha value is -2.89. The van der Waals surface area contributed by atoms with Crippen LogP contribution in [0.1, 0.15) is 11.1 Å². The van der Waals surface area contributed by atoms with Crippen molar-refractivity contribution in [1.82, 2.24) is 14.9 Å². The maximum Gasteiger partial charge on any atom is 0.138 e. The molecule has 0 atom stereocenters. The molecule has 1 aromatic heterocycles. The van der Waals surface area contributed by atoms with Crippen LogP contribution in [0.2, 0.25) is 0 Å². The quantitative estimate of drug-likeness (QED) is 0.760. The maximum absolute atomic E-state index is 12.9. The average Bonchev–Trinajstić information content (AvgIpc) is 3.07. The second-order valence-electron chi connectivity index (χ2n) is 4.73. The van der Waals surface area contributed by atoms with Gasteiger partial charge in [-0.1, -0.05) is 30.3 Å². The normalized spacial score (nSPS) is 10.4. The Morgan fingerprint density at radius 1 is 1.00 bits per heavy atom. The lowest BCUT2D eigenvalue weighted by Gasteiger charge is -2.13. The predicted molar refractivity (Wildman–Crippen MR) is 80.3 cm³/mol. The van der Waals surface area contributed by atoms with E-state index >= 15 is 0 Å². The molecule has 0 aliphatic carbocycles. The van der Waals surface area contributed by atoms with Crippen LogP contribution in [0.5, 0.6) is 5.75 Å². The van der Waals surface area contributed by atoms with E-state index in [4.69, 9.17) is 4.74 Å². The summed E-state index contributed by atoms with van der Waals surface area (Å²) in [6.07, 6.45) is 3.17. The van der Waals surface area contributed by atoms with Gasteiger partial charge in [-0.3, -0.25) is 0 Å². The van der Waals surface area contributed by atoms with Crippen LogP contribution in [0, 0.1) is 5.82 Å². The van der Waals surface area contributed by atoms with Gasteiger partial charge in [-0.25, -0.2) is 9.07 Å². The van der Waals surface area contributed by atoms with E-state index in [0.29, 0.717) is 13.2 Å². The van der Waals surface area contributed by atoms with Crippen molar-refractivity contribution in [1.29, 1.82) is 0 Å². The van der Waals surface area contributed by atoms with Crippen LogP contribution in [0.3, 0.4) is 0 Å². The van der Waals surface area contributed by atoms with Gasteiger partial charge in [0.1, 0.15) is 30.8 Å². The molecule has 0 spiro atoms. The molecule has 0 bridgehead atoms. The molecule has 0 aliphatic rings. The molecule has 3 rings (SSSR count). The summed E-state index contributed by atoms with van der Waals surface area (Å²) < 4.78 is 20.4. The zero-order chi connectivity index (χ0) is 15.2. The van der Waals surface area contributed by atoms with Crippen LogP contribution < -0.4 is 10.2 Å². The number of nitrogens with zero attached hydrogens (tertiary/aromatic N) is 3. The van der Waals surface area contributed by atoms with E-state index in [0.717, 1.165) is 16.9 Å². The molecule has 0 amide bonds. The van der Waals surface area contributed by atoms with Crippen LogP contribution in [-0.4, -0.2) is 14.9 Å². The third-order valence-corrected chi connectivity index (χ3v) is 3.15. The van der Waals surface area contributed by atoms with Gasteiger partial charge < -0.3 is 10.2 Å². The van der Waals surface area contributed by atoms with Gasteiger partial charge in [0.15, 0.2) is 0 Å². The highest BCUT2D eigenvalue weighted by Crippen LogP contribution is 2.19. The molecule has 2 aromatic carbocycles. The molecular formula is C16H15FN4O. The lowest BCUT2D eigenvalue weighted by molar-refractivity contribution is 0.303. The molecule has 0 aliphatic heterocycles. The minimum absolute atomic E-state index is 0.248. The van der Waals surface area contributed by atoms with Crippen molar-refractivity contribution in [3.8, 4) is 5.75 Å². The van der Waals surface area contributed by atoms with E-state index in [1.54, 1.807) is 29.5 Å². The number of hydrogen-bond donors (Lipinski definition) is 1. The van der Waals surface area contributed by atoms with Crippen molar-refractivity contribution in [2.24, 2.45) is 0 Å². The number of benzene rings is 2. The molecule has 5 nitrogen and oxygen atoms in total. The molecule has 0 radical (unpaired) electrons. The Labute approximate surface area is 127 Å². The molecule has 1 N–H and O–H groups in total. The van der Waals surface area contributed by atoms with Crippen molar-refractivity contribution in [2.45, 2.75) is 13.2 Å². The number of halogens is 1. The van der Waals surface area contributed by atoms with Crippen LogP contribution in [0.4, 0.5) is 4.39 Å². The summed E-state index contributed by atoms with van der Waals surface area (Å²) in [5, 5.41) is 7.46. The van der Waals surface area contributed by atoms with E-state index in [1.807, 2.05) is 24.3 Å². The van der Waals surface area contributed by atoms with Crippen molar-refractivity contribution < 1.29 is 9.13 Å². The van der Waals surface area contributed by atoms with Gasteiger partial charge in [-0.2, -0.15) is 0 Å². The van der Waals surface area contributed by atoms with Crippen LogP contribution in [0.25, 0.3) is 0 Å². The van der Waals surface area contributed by atoms with Gasteiger partial charge in [0.05, 0.1) is 6.54 Å². The molecule has 0 saturated carbocycles. The highest BCUT2D eigenvalue weighted by Gasteiger charge is 2.04. The van der Waals surface area contributed by atoms with E-state index in [-0.39, 0.29) is 5.82 Å². The summed E-state index contributed by atoms with van der Waals surface area (Å²) in [6.45, 7) is 0.974. The zero-order valence-electron chi connectivity index (χ0n) is 11.8. The fourth-order valence-corrected chi connectivity index (χ4v) is 1.99. The Bertz CT molecular complexity index is 713. The maximum atomic E-state index is 12.9. The summed E-state index contributed by atoms with van der Waals surface area (Å²) in [6, 6.07) is 14.1. The summed E-state index contributed by atoms with van der Waals surface area (Å²) in [5.41, 5.74) is 5.08. The number of nitrogens with one attached hydrogen (secondary N) is 1. The SMILES string of the molecule is Fc1ccc(COc2ccccc2CNn2cnnc2)cc1. The highest BCUT2D eigenvalue weighted by atomic mass is 19.1. The first-order valence-electron chi connectivity index (χ1n) is 6.85. The molecule has 3 aromatic rings. The fourth-order valence-electron chi connectivity index (χ4n) is 1.99. The second-order valence-corrected chi connectivity index (χ2v) is 4.73. The van der Waals surface area contributed by atoms with Crippen molar-refractivity contribution in [3.63, 3.8) is 0 Å². The van der Waals surface area contributed by atoms with Crippen molar-refractivity contribution >= 4 is 0 Å². The standard InChI is InChI=1S/C16H15FN4O/c17-15-7-5-13(6-8-15)10-22-16-4-2-1-3-14(16)9-20-21-11-18-19-12-21/h1-8,11-12,20H,9-10H2. The third kappa shape index (κ3) is 3.60. The van der Waals surface area contributed by atoms with Crippen molar-refractivity contribution in [2.75, 3.05) is 5.43 Å². The summed E-state index contributed by atoms with van der Waals surface area (Å²) >= 11 is 0.